The SMILES string of the molecule is Cc1cccc2nc(CCCl)n(Cc3cccnc3)c12. The van der Waals surface area contributed by atoms with Gasteiger partial charge in [-0.3, -0.25) is 4.98 Å². The maximum Gasteiger partial charge on any atom is 0.111 e. The third kappa shape index (κ3) is 2.41. The summed E-state index contributed by atoms with van der Waals surface area (Å²) in [6.45, 7) is 2.90. The number of para-hydroxylation sites is 1. The minimum atomic E-state index is 0.579. The van der Waals surface area contributed by atoms with Gasteiger partial charge in [0.15, 0.2) is 0 Å². The van der Waals surface area contributed by atoms with E-state index in [9.17, 15) is 0 Å². The molecule has 4 heteroatoms. The fourth-order valence-corrected chi connectivity index (χ4v) is 2.70. The maximum atomic E-state index is 5.91. The Morgan fingerprint density at radius 2 is 2.10 bits per heavy atom. The summed E-state index contributed by atoms with van der Waals surface area (Å²) in [4.78, 5) is 8.90. The van der Waals surface area contributed by atoms with Crippen LogP contribution in [0.1, 0.15) is 17.0 Å². The van der Waals surface area contributed by atoms with Crippen molar-refractivity contribution in [2.45, 2.75) is 19.9 Å². The van der Waals surface area contributed by atoms with Gasteiger partial charge in [-0.2, -0.15) is 0 Å². The van der Waals surface area contributed by atoms with Crippen molar-refractivity contribution in [1.29, 1.82) is 0 Å². The highest BCUT2D eigenvalue weighted by Crippen LogP contribution is 2.22. The maximum absolute atomic E-state index is 5.91. The number of halogens is 1. The number of hydrogen-bond acceptors (Lipinski definition) is 2. The lowest BCUT2D eigenvalue weighted by atomic mass is 10.2. The van der Waals surface area contributed by atoms with E-state index in [1.165, 1.54) is 16.6 Å². The molecule has 0 spiro atoms. The lowest BCUT2D eigenvalue weighted by Gasteiger charge is -2.09. The van der Waals surface area contributed by atoms with Gasteiger partial charge in [0, 0.05) is 24.7 Å². The lowest BCUT2D eigenvalue weighted by Crippen LogP contribution is -2.06. The molecule has 0 radical (unpaired) electrons. The van der Waals surface area contributed by atoms with Crippen LogP contribution in [0.25, 0.3) is 11.0 Å². The van der Waals surface area contributed by atoms with Crippen molar-refractivity contribution in [3.05, 3.63) is 59.7 Å². The van der Waals surface area contributed by atoms with Gasteiger partial charge in [0.2, 0.25) is 0 Å². The molecule has 0 saturated heterocycles. The number of aryl methyl sites for hydroxylation is 2. The van der Waals surface area contributed by atoms with Gasteiger partial charge >= 0.3 is 0 Å². The number of benzene rings is 1. The molecule has 0 fully saturated rings. The predicted molar refractivity (Wildman–Crippen MR) is 82.2 cm³/mol. The molecular formula is C16H16ClN3. The lowest BCUT2D eigenvalue weighted by molar-refractivity contribution is 0.750. The van der Waals surface area contributed by atoms with Crippen molar-refractivity contribution in [2.75, 3.05) is 5.88 Å². The second kappa shape index (κ2) is 5.63. The normalized spacial score (nSPS) is 11.1. The number of nitrogens with zero attached hydrogens (tertiary/aromatic N) is 3. The van der Waals surface area contributed by atoms with Gasteiger partial charge in [-0.05, 0) is 30.2 Å². The summed E-state index contributed by atoms with van der Waals surface area (Å²) in [6.07, 6.45) is 4.46. The van der Waals surface area contributed by atoms with Crippen LogP contribution in [0.2, 0.25) is 0 Å². The quantitative estimate of drug-likeness (QED) is 0.686. The van der Waals surface area contributed by atoms with E-state index in [0.717, 1.165) is 24.3 Å². The van der Waals surface area contributed by atoms with E-state index in [-0.39, 0.29) is 0 Å². The van der Waals surface area contributed by atoms with E-state index < -0.39 is 0 Å². The van der Waals surface area contributed by atoms with Crippen LogP contribution in [0.15, 0.2) is 42.7 Å². The first-order valence-corrected chi connectivity index (χ1v) is 7.22. The summed E-state index contributed by atoms with van der Waals surface area (Å²) in [5.74, 6) is 1.61. The van der Waals surface area contributed by atoms with Crippen LogP contribution in [0.3, 0.4) is 0 Å². The average molecular weight is 286 g/mol. The predicted octanol–water partition coefficient (Wildman–Crippen LogP) is 3.57. The van der Waals surface area contributed by atoms with E-state index in [1.807, 2.05) is 18.3 Å². The standard InChI is InChI=1S/C16H16ClN3/c1-12-4-2-6-14-16(12)20(15(19-14)7-8-17)11-13-5-3-9-18-10-13/h2-6,9-10H,7-8,11H2,1H3. The summed E-state index contributed by atoms with van der Waals surface area (Å²) in [6, 6.07) is 10.3. The summed E-state index contributed by atoms with van der Waals surface area (Å²) in [5.41, 5.74) is 4.64. The molecule has 0 amide bonds. The van der Waals surface area contributed by atoms with Crippen LogP contribution in [0.4, 0.5) is 0 Å². The molecule has 3 rings (SSSR count). The van der Waals surface area contributed by atoms with Gasteiger partial charge in [-0.25, -0.2) is 4.98 Å². The first-order valence-electron chi connectivity index (χ1n) is 6.69. The molecule has 0 aliphatic rings. The molecular weight excluding hydrogens is 270 g/mol. The first kappa shape index (κ1) is 13.1. The summed E-state index contributed by atoms with van der Waals surface area (Å²) in [7, 11) is 0. The molecule has 1 aromatic carbocycles. The van der Waals surface area contributed by atoms with Crippen molar-refractivity contribution in [3.8, 4) is 0 Å². The number of aromatic nitrogens is 3. The highest BCUT2D eigenvalue weighted by molar-refractivity contribution is 6.17. The second-order valence-corrected chi connectivity index (χ2v) is 5.24. The molecule has 0 atom stereocenters. The molecule has 102 valence electrons. The monoisotopic (exact) mass is 285 g/mol. The van der Waals surface area contributed by atoms with Crippen molar-refractivity contribution < 1.29 is 0 Å². The zero-order valence-corrected chi connectivity index (χ0v) is 12.1. The Bertz CT molecular complexity index is 719. The Labute approximate surface area is 123 Å². The third-order valence-corrected chi connectivity index (χ3v) is 3.62. The van der Waals surface area contributed by atoms with Crippen LogP contribution in [-0.2, 0) is 13.0 Å². The molecule has 0 aliphatic heterocycles. The Morgan fingerprint density at radius 3 is 2.85 bits per heavy atom. The first-order chi connectivity index (χ1) is 9.79. The molecule has 0 unspecified atom stereocenters. The Morgan fingerprint density at radius 1 is 1.20 bits per heavy atom. The number of alkyl halides is 1. The zero-order valence-electron chi connectivity index (χ0n) is 11.4. The Balaban J connectivity index is 2.13. The van der Waals surface area contributed by atoms with Gasteiger partial charge in [-0.15, -0.1) is 11.6 Å². The Hall–Kier alpha value is -1.87. The topological polar surface area (TPSA) is 30.7 Å². The highest BCUT2D eigenvalue weighted by Gasteiger charge is 2.12. The van der Waals surface area contributed by atoms with Crippen molar-refractivity contribution >= 4 is 22.6 Å². The van der Waals surface area contributed by atoms with Gasteiger partial charge in [0.1, 0.15) is 5.82 Å². The molecule has 0 bridgehead atoms. The van der Waals surface area contributed by atoms with Crippen LogP contribution >= 0.6 is 11.6 Å². The number of fused-ring (bicyclic) bond motifs is 1. The van der Waals surface area contributed by atoms with Gasteiger partial charge in [-0.1, -0.05) is 18.2 Å². The van der Waals surface area contributed by atoms with Crippen molar-refractivity contribution in [3.63, 3.8) is 0 Å². The van der Waals surface area contributed by atoms with E-state index >= 15 is 0 Å². The minimum Gasteiger partial charge on any atom is -0.323 e. The van der Waals surface area contributed by atoms with E-state index in [2.05, 4.69) is 34.7 Å². The molecule has 2 aromatic heterocycles. The molecule has 3 aromatic rings. The molecule has 0 saturated carbocycles. The number of hydrogen-bond donors (Lipinski definition) is 0. The number of imidazole rings is 1. The fraction of sp³-hybridized carbons (Fsp3) is 0.250. The number of rotatable bonds is 4. The van der Waals surface area contributed by atoms with E-state index in [1.54, 1.807) is 6.20 Å². The fourth-order valence-electron chi connectivity index (χ4n) is 2.53. The summed E-state index contributed by atoms with van der Waals surface area (Å²) < 4.78 is 2.25. The molecule has 0 N–H and O–H groups in total. The van der Waals surface area contributed by atoms with Gasteiger partial charge in [0.05, 0.1) is 17.6 Å². The molecule has 20 heavy (non-hydrogen) atoms. The number of pyridine rings is 1. The second-order valence-electron chi connectivity index (χ2n) is 4.86. The van der Waals surface area contributed by atoms with Crippen molar-refractivity contribution in [1.82, 2.24) is 14.5 Å². The van der Waals surface area contributed by atoms with Crippen LogP contribution in [0, 0.1) is 6.92 Å². The molecule has 0 aliphatic carbocycles. The van der Waals surface area contributed by atoms with Crippen LogP contribution in [-0.4, -0.2) is 20.4 Å². The van der Waals surface area contributed by atoms with Gasteiger partial charge < -0.3 is 4.57 Å². The van der Waals surface area contributed by atoms with Crippen LogP contribution < -0.4 is 0 Å². The van der Waals surface area contributed by atoms with E-state index in [0.29, 0.717) is 5.88 Å². The third-order valence-electron chi connectivity index (χ3n) is 3.43. The van der Waals surface area contributed by atoms with Crippen LogP contribution in [0.5, 0.6) is 0 Å². The largest absolute Gasteiger partial charge is 0.323 e. The highest BCUT2D eigenvalue weighted by atomic mass is 35.5. The van der Waals surface area contributed by atoms with Crippen molar-refractivity contribution in [2.24, 2.45) is 0 Å². The van der Waals surface area contributed by atoms with Gasteiger partial charge in [0.25, 0.3) is 0 Å². The summed E-state index contributed by atoms with van der Waals surface area (Å²) >= 11 is 5.91. The van der Waals surface area contributed by atoms with E-state index in [4.69, 9.17) is 16.6 Å². The molecule has 3 nitrogen and oxygen atoms in total. The smallest absolute Gasteiger partial charge is 0.111 e. The summed E-state index contributed by atoms with van der Waals surface area (Å²) in [5, 5.41) is 0. The minimum absolute atomic E-state index is 0.579. The Kier molecular flexibility index (Phi) is 3.70. The molecule has 2 heterocycles. The average Bonchev–Trinajstić information content (AvgIpc) is 2.80. The zero-order chi connectivity index (χ0) is 13.9.